The number of nitriles is 1. The lowest BCUT2D eigenvalue weighted by molar-refractivity contribution is 0.247. The first-order chi connectivity index (χ1) is 9.19. The van der Waals surface area contributed by atoms with Crippen molar-refractivity contribution in [2.24, 2.45) is 13.0 Å². The van der Waals surface area contributed by atoms with E-state index in [1.54, 1.807) is 0 Å². The number of aryl methyl sites for hydroxylation is 2. The van der Waals surface area contributed by atoms with Crippen LogP contribution in [0.25, 0.3) is 0 Å². The molecule has 1 aliphatic heterocycles. The minimum Gasteiger partial charge on any atom is -0.353 e. The van der Waals surface area contributed by atoms with Gasteiger partial charge in [-0.2, -0.15) is 10.4 Å². The van der Waals surface area contributed by atoms with E-state index in [1.807, 2.05) is 18.7 Å². The van der Waals surface area contributed by atoms with Crippen molar-refractivity contribution >= 4 is 5.82 Å². The fourth-order valence-electron chi connectivity index (χ4n) is 2.95. The topological polar surface area (TPSA) is 48.1 Å². The molecular weight excluding hydrogens is 238 g/mol. The van der Waals surface area contributed by atoms with Gasteiger partial charge in [0.2, 0.25) is 0 Å². The molecule has 0 amide bonds. The number of anilines is 1. The number of hydrogen-bond acceptors (Lipinski definition) is 4. The molecule has 0 N–H and O–H groups in total. The minimum atomic E-state index is 0.734. The van der Waals surface area contributed by atoms with Crippen LogP contribution in [0.2, 0.25) is 0 Å². The highest BCUT2D eigenvalue weighted by atomic mass is 15.4. The Hall–Kier alpha value is -1.54. The van der Waals surface area contributed by atoms with Gasteiger partial charge >= 0.3 is 0 Å². The highest BCUT2D eigenvalue weighted by Crippen LogP contribution is 2.30. The van der Waals surface area contributed by atoms with Gasteiger partial charge in [0.25, 0.3) is 0 Å². The molecule has 2 heterocycles. The number of aromatic nitrogens is 2. The second kappa shape index (κ2) is 4.86. The van der Waals surface area contributed by atoms with Gasteiger partial charge in [0, 0.05) is 39.8 Å². The smallest absolute Gasteiger partial charge is 0.145 e. The van der Waals surface area contributed by atoms with Crippen LogP contribution < -0.4 is 4.90 Å². The van der Waals surface area contributed by atoms with Crippen LogP contribution in [0.3, 0.4) is 0 Å². The molecule has 0 aromatic carbocycles. The summed E-state index contributed by atoms with van der Waals surface area (Å²) in [5.74, 6) is 1.95. The van der Waals surface area contributed by atoms with Crippen LogP contribution in [-0.4, -0.2) is 47.4 Å². The molecule has 0 unspecified atom stereocenters. The summed E-state index contributed by atoms with van der Waals surface area (Å²) in [6, 6.07) is 2.30. The van der Waals surface area contributed by atoms with E-state index in [1.165, 1.54) is 19.4 Å². The second-order valence-corrected chi connectivity index (χ2v) is 5.75. The van der Waals surface area contributed by atoms with E-state index in [4.69, 9.17) is 0 Å². The van der Waals surface area contributed by atoms with Gasteiger partial charge in [-0.25, -0.2) is 0 Å². The van der Waals surface area contributed by atoms with E-state index in [2.05, 4.69) is 21.0 Å². The molecule has 19 heavy (non-hydrogen) atoms. The highest BCUT2D eigenvalue weighted by molar-refractivity contribution is 5.57. The predicted molar refractivity (Wildman–Crippen MR) is 74.0 cm³/mol. The van der Waals surface area contributed by atoms with Gasteiger partial charge in [-0.05, 0) is 25.7 Å². The molecule has 1 aliphatic carbocycles. The maximum absolute atomic E-state index is 9.28. The van der Waals surface area contributed by atoms with Crippen LogP contribution in [0.1, 0.15) is 24.1 Å². The monoisotopic (exact) mass is 259 g/mol. The summed E-state index contributed by atoms with van der Waals surface area (Å²) in [7, 11) is 1.93. The molecule has 1 aromatic rings. The quantitative estimate of drug-likeness (QED) is 0.816. The summed E-state index contributed by atoms with van der Waals surface area (Å²) in [5, 5.41) is 13.7. The SMILES string of the molecule is Cc1nn(C)c(N2CCN(CC3CC3)CC2)c1C#N. The fraction of sp³-hybridized carbons (Fsp3) is 0.714. The molecule has 0 atom stereocenters. The van der Waals surface area contributed by atoms with Gasteiger partial charge in [-0.15, -0.1) is 0 Å². The predicted octanol–water partition coefficient (Wildman–Crippen LogP) is 1.13. The molecule has 2 fully saturated rings. The number of rotatable bonds is 3. The molecule has 1 aromatic heterocycles. The van der Waals surface area contributed by atoms with Crippen LogP contribution >= 0.6 is 0 Å². The zero-order valence-corrected chi connectivity index (χ0v) is 11.8. The molecule has 2 aliphatic rings. The van der Waals surface area contributed by atoms with Crippen LogP contribution in [-0.2, 0) is 7.05 Å². The minimum absolute atomic E-state index is 0.734. The van der Waals surface area contributed by atoms with Crippen molar-refractivity contribution in [2.75, 3.05) is 37.6 Å². The van der Waals surface area contributed by atoms with Crippen molar-refractivity contribution in [3.8, 4) is 6.07 Å². The lowest BCUT2D eigenvalue weighted by atomic mass is 10.2. The zero-order chi connectivity index (χ0) is 13.4. The Morgan fingerprint density at radius 1 is 1.26 bits per heavy atom. The summed E-state index contributed by atoms with van der Waals surface area (Å²) in [6.45, 7) is 7.38. The van der Waals surface area contributed by atoms with Crippen molar-refractivity contribution in [1.82, 2.24) is 14.7 Å². The van der Waals surface area contributed by atoms with E-state index < -0.39 is 0 Å². The van der Waals surface area contributed by atoms with E-state index in [9.17, 15) is 5.26 Å². The van der Waals surface area contributed by atoms with Crippen LogP contribution in [0.4, 0.5) is 5.82 Å². The maximum atomic E-state index is 9.28. The van der Waals surface area contributed by atoms with E-state index in [0.29, 0.717) is 0 Å². The van der Waals surface area contributed by atoms with Crippen molar-refractivity contribution in [1.29, 1.82) is 5.26 Å². The molecular formula is C14H21N5. The van der Waals surface area contributed by atoms with E-state index >= 15 is 0 Å². The first kappa shape index (κ1) is 12.5. The molecule has 1 saturated heterocycles. The number of piperazine rings is 1. The average molecular weight is 259 g/mol. The largest absolute Gasteiger partial charge is 0.353 e. The fourth-order valence-corrected chi connectivity index (χ4v) is 2.95. The molecule has 102 valence electrons. The average Bonchev–Trinajstić information content (AvgIpc) is 3.15. The third kappa shape index (κ3) is 2.45. The third-order valence-electron chi connectivity index (χ3n) is 4.19. The number of hydrogen-bond donors (Lipinski definition) is 0. The van der Waals surface area contributed by atoms with Crippen LogP contribution in [0.15, 0.2) is 0 Å². The van der Waals surface area contributed by atoms with Crippen molar-refractivity contribution < 1.29 is 0 Å². The summed E-state index contributed by atoms with van der Waals surface area (Å²) in [6.07, 6.45) is 2.83. The van der Waals surface area contributed by atoms with Gasteiger partial charge < -0.3 is 4.90 Å². The Balaban J connectivity index is 1.69. The maximum Gasteiger partial charge on any atom is 0.145 e. The Morgan fingerprint density at radius 3 is 2.53 bits per heavy atom. The second-order valence-electron chi connectivity index (χ2n) is 5.75. The molecule has 5 heteroatoms. The Bertz CT molecular complexity index is 501. The van der Waals surface area contributed by atoms with Gasteiger partial charge in [-0.3, -0.25) is 9.58 Å². The van der Waals surface area contributed by atoms with Crippen LogP contribution in [0, 0.1) is 24.2 Å². The molecule has 0 spiro atoms. The Labute approximate surface area is 114 Å². The first-order valence-electron chi connectivity index (χ1n) is 7.10. The van der Waals surface area contributed by atoms with Crippen molar-refractivity contribution in [3.63, 3.8) is 0 Å². The normalized spacial score (nSPS) is 20.6. The summed E-state index contributed by atoms with van der Waals surface area (Å²) in [5.41, 5.74) is 1.57. The zero-order valence-electron chi connectivity index (χ0n) is 11.8. The lowest BCUT2D eigenvalue weighted by Crippen LogP contribution is -2.47. The van der Waals surface area contributed by atoms with Crippen molar-refractivity contribution in [3.05, 3.63) is 11.3 Å². The van der Waals surface area contributed by atoms with Gasteiger partial charge in [0.15, 0.2) is 0 Å². The van der Waals surface area contributed by atoms with Gasteiger partial charge in [0.1, 0.15) is 17.5 Å². The lowest BCUT2D eigenvalue weighted by Gasteiger charge is -2.36. The standard InChI is InChI=1S/C14H21N5/c1-11-13(9-15)14(17(2)16-11)19-7-5-18(6-8-19)10-12-3-4-12/h12H,3-8,10H2,1-2H3. The molecule has 0 bridgehead atoms. The summed E-state index contributed by atoms with van der Waals surface area (Å²) >= 11 is 0. The first-order valence-corrected chi connectivity index (χ1v) is 7.10. The van der Waals surface area contributed by atoms with Crippen molar-refractivity contribution in [2.45, 2.75) is 19.8 Å². The van der Waals surface area contributed by atoms with E-state index in [0.717, 1.165) is 49.2 Å². The molecule has 5 nitrogen and oxygen atoms in total. The molecule has 3 rings (SSSR count). The summed E-state index contributed by atoms with van der Waals surface area (Å²) in [4.78, 5) is 4.87. The Kier molecular flexibility index (Phi) is 3.19. The third-order valence-corrected chi connectivity index (χ3v) is 4.19. The van der Waals surface area contributed by atoms with Crippen LogP contribution in [0.5, 0.6) is 0 Å². The highest BCUT2D eigenvalue weighted by Gasteiger charge is 2.28. The Morgan fingerprint density at radius 2 is 1.95 bits per heavy atom. The van der Waals surface area contributed by atoms with Gasteiger partial charge in [0.05, 0.1) is 5.69 Å². The van der Waals surface area contributed by atoms with E-state index in [-0.39, 0.29) is 0 Å². The summed E-state index contributed by atoms with van der Waals surface area (Å²) < 4.78 is 1.85. The molecule has 0 radical (unpaired) electrons. The van der Waals surface area contributed by atoms with Gasteiger partial charge in [-0.1, -0.05) is 0 Å². The molecule has 1 saturated carbocycles. The number of nitrogens with zero attached hydrogens (tertiary/aromatic N) is 5.